The van der Waals surface area contributed by atoms with Gasteiger partial charge >= 0.3 is 0 Å². The topological polar surface area (TPSA) is 126 Å². The smallest absolute Gasteiger partial charge is 0.294 e. The standard InChI is InChI=1S/C18H15O7PS2/c19-26(14-6-2-1-3-7-14,15-8-4-10-17(12-15)27(20,21)22)16-9-5-11-18(13-16)28(23,24)25/h1-13H,(H,20,21,22)(H,23,24,25). The van der Waals surface area contributed by atoms with E-state index < -0.39 is 37.2 Å². The number of hydrogen-bond donors (Lipinski definition) is 2. The summed E-state index contributed by atoms with van der Waals surface area (Å²) in [5.74, 6) is 0. The summed E-state index contributed by atoms with van der Waals surface area (Å²) in [6.07, 6.45) is 0. The molecule has 7 nitrogen and oxygen atoms in total. The van der Waals surface area contributed by atoms with Gasteiger partial charge in [0, 0.05) is 15.9 Å². The van der Waals surface area contributed by atoms with Crippen molar-refractivity contribution in [1.82, 2.24) is 0 Å². The molecule has 10 heteroatoms. The van der Waals surface area contributed by atoms with E-state index in [1.54, 1.807) is 30.3 Å². The van der Waals surface area contributed by atoms with Crippen LogP contribution in [-0.2, 0) is 24.8 Å². The third-order valence-corrected chi connectivity index (χ3v) is 8.81. The van der Waals surface area contributed by atoms with Gasteiger partial charge in [-0.25, -0.2) is 0 Å². The van der Waals surface area contributed by atoms with Crippen molar-refractivity contribution in [3.63, 3.8) is 0 Å². The van der Waals surface area contributed by atoms with Gasteiger partial charge in [-0.05, 0) is 24.3 Å². The lowest BCUT2D eigenvalue weighted by atomic mass is 10.3. The zero-order chi connectivity index (χ0) is 20.6. The van der Waals surface area contributed by atoms with Crippen LogP contribution in [0.2, 0.25) is 0 Å². The van der Waals surface area contributed by atoms with Crippen LogP contribution in [0.25, 0.3) is 0 Å². The van der Waals surface area contributed by atoms with Crippen molar-refractivity contribution in [2.24, 2.45) is 0 Å². The van der Waals surface area contributed by atoms with Crippen LogP contribution in [0.3, 0.4) is 0 Å². The van der Waals surface area contributed by atoms with E-state index in [9.17, 15) is 30.5 Å². The first kappa shape index (κ1) is 20.4. The molecule has 3 rings (SSSR count). The Morgan fingerprint density at radius 2 is 0.964 bits per heavy atom. The van der Waals surface area contributed by atoms with Crippen molar-refractivity contribution >= 4 is 43.3 Å². The van der Waals surface area contributed by atoms with Crippen molar-refractivity contribution < 1.29 is 30.5 Å². The maximum absolute atomic E-state index is 14.2. The van der Waals surface area contributed by atoms with Crippen LogP contribution in [0.5, 0.6) is 0 Å². The van der Waals surface area contributed by atoms with Gasteiger partial charge in [-0.3, -0.25) is 9.11 Å². The van der Waals surface area contributed by atoms with Gasteiger partial charge in [0.15, 0.2) is 7.14 Å². The highest BCUT2D eigenvalue weighted by Gasteiger charge is 2.31. The van der Waals surface area contributed by atoms with E-state index >= 15 is 0 Å². The van der Waals surface area contributed by atoms with Gasteiger partial charge in [0.2, 0.25) is 0 Å². The predicted octanol–water partition coefficient (Wildman–Crippen LogP) is 1.82. The molecule has 2 N–H and O–H groups in total. The second-order valence-corrected chi connectivity index (χ2v) is 11.5. The van der Waals surface area contributed by atoms with Crippen molar-refractivity contribution in [1.29, 1.82) is 0 Å². The van der Waals surface area contributed by atoms with Crippen LogP contribution in [-0.4, -0.2) is 25.9 Å². The third-order valence-electron chi connectivity index (χ3n) is 4.08. The summed E-state index contributed by atoms with van der Waals surface area (Å²) in [4.78, 5) is -0.876. The molecule has 0 fully saturated rings. The second-order valence-electron chi connectivity index (χ2n) is 5.89. The van der Waals surface area contributed by atoms with Gasteiger partial charge in [-0.15, -0.1) is 0 Å². The Balaban J connectivity index is 2.35. The van der Waals surface area contributed by atoms with Gasteiger partial charge in [0.1, 0.15) is 0 Å². The van der Waals surface area contributed by atoms with Crippen LogP contribution in [0, 0.1) is 0 Å². The molecular formula is C18H15O7PS2. The first-order valence-electron chi connectivity index (χ1n) is 7.85. The molecule has 0 aliphatic rings. The Kier molecular flexibility index (Phi) is 5.31. The molecule has 0 saturated carbocycles. The molecule has 0 aliphatic heterocycles. The molecule has 0 bridgehead atoms. The summed E-state index contributed by atoms with van der Waals surface area (Å²) in [7, 11) is -12.8. The normalized spacial score (nSPS) is 12.6. The van der Waals surface area contributed by atoms with Crippen molar-refractivity contribution in [2.45, 2.75) is 9.79 Å². The van der Waals surface area contributed by atoms with Gasteiger partial charge in [0.25, 0.3) is 20.2 Å². The summed E-state index contributed by atoms with van der Waals surface area (Å²) in [6.45, 7) is 0. The largest absolute Gasteiger partial charge is 0.309 e. The van der Waals surface area contributed by atoms with E-state index in [4.69, 9.17) is 0 Å². The lowest BCUT2D eigenvalue weighted by Gasteiger charge is -2.20. The quantitative estimate of drug-likeness (QED) is 0.460. The molecule has 3 aromatic rings. The van der Waals surface area contributed by atoms with Crippen LogP contribution in [0.1, 0.15) is 0 Å². The molecule has 0 aliphatic carbocycles. The van der Waals surface area contributed by atoms with Gasteiger partial charge in [-0.1, -0.05) is 54.6 Å². The van der Waals surface area contributed by atoms with Gasteiger partial charge in [0.05, 0.1) is 9.79 Å². The molecule has 0 amide bonds. The fourth-order valence-corrected chi connectivity index (χ4v) is 6.71. The van der Waals surface area contributed by atoms with Crippen molar-refractivity contribution in [3.05, 3.63) is 78.9 Å². The summed E-state index contributed by atoms with van der Waals surface area (Å²) in [6, 6.07) is 18.1. The average Bonchev–Trinajstić information content (AvgIpc) is 2.67. The first-order chi connectivity index (χ1) is 13.0. The highest BCUT2D eigenvalue weighted by Crippen LogP contribution is 2.43. The molecule has 0 aromatic heterocycles. The maximum atomic E-state index is 14.2. The Labute approximate surface area is 162 Å². The van der Waals surface area contributed by atoms with Crippen molar-refractivity contribution in [3.8, 4) is 0 Å². The van der Waals surface area contributed by atoms with Crippen molar-refractivity contribution in [2.75, 3.05) is 0 Å². The van der Waals surface area contributed by atoms with Crippen LogP contribution in [0.15, 0.2) is 88.7 Å². The van der Waals surface area contributed by atoms with Crippen LogP contribution < -0.4 is 15.9 Å². The molecule has 0 saturated heterocycles. The summed E-state index contributed by atoms with van der Waals surface area (Å²) in [5.41, 5.74) is 0. The molecule has 3 aromatic carbocycles. The molecule has 0 radical (unpaired) electrons. The predicted molar refractivity (Wildman–Crippen MR) is 105 cm³/mol. The van der Waals surface area contributed by atoms with E-state index in [1.165, 1.54) is 24.3 Å². The zero-order valence-corrected chi connectivity index (χ0v) is 16.7. The zero-order valence-electron chi connectivity index (χ0n) is 14.2. The maximum Gasteiger partial charge on any atom is 0.294 e. The number of benzene rings is 3. The number of rotatable bonds is 5. The average molecular weight is 438 g/mol. The third kappa shape index (κ3) is 3.94. The van der Waals surface area contributed by atoms with E-state index in [1.807, 2.05) is 0 Å². The Morgan fingerprint density at radius 3 is 1.36 bits per heavy atom. The van der Waals surface area contributed by atoms with E-state index in [2.05, 4.69) is 0 Å². The fourth-order valence-electron chi connectivity index (χ4n) is 2.76. The molecular weight excluding hydrogens is 423 g/mol. The summed E-state index contributed by atoms with van der Waals surface area (Å²) < 4.78 is 79.0. The lowest BCUT2D eigenvalue weighted by molar-refractivity contribution is 0.481. The molecule has 28 heavy (non-hydrogen) atoms. The van der Waals surface area contributed by atoms with E-state index in [0.717, 1.165) is 24.3 Å². The minimum absolute atomic E-state index is 0.0845. The molecule has 146 valence electrons. The highest BCUT2D eigenvalue weighted by molar-refractivity contribution is 7.87. The van der Waals surface area contributed by atoms with Gasteiger partial charge in [-0.2, -0.15) is 16.8 Å². The fraction of sp³-hybridized carbons (Fsp3) is 0. The van der Waals surface area contributed by atoms with Crippen LogP contribution in [0.4, 0.5) is 0 Å². The Morgan fingerprint density at radius 1 is 0.571 bits per heavy atom. The molecule has 0 spiro atoms. The Hall–Kier alpha value is -2.29. The highest BCUT2D eigenvalue weighted by atomic mass is 32.2. The van der Waals surface area contributed by atoms with E-state index in [0.29, 0.717) is 5.30 Å². The monoisotopic (exact) mass is 438 g/mol. The van der Waals surface area contributed by atoms with E-state index in [-0.39, 0.29) is 10.6 Å². The SMILES string of the molecule is O=P(c1ccccc1)(c1cccc(S(=O)(=O)O)c1)c1cccc(S(=O)(=O)O)c1. The Bertz CT molecular complexity index is 1200. The molecule has 0 unspecified atom stereocenters. The summed E-state index contributed by atoms with van der Waals surface area (Å²) >= 11 is 0. The first-order valence-corrected chi connectivity index (χ1v) is 12.4. The minimum atomic E-state index is -4.54. The second kappa shape index (κ2) is 7.27. The summed E-state index contributed by atoms with van der Waals surface area (Å²) in [5, 5.41) is 0.498. The lowest BCUT2D eigenvalue weighted by Crippen LogP contribution is -2.26. The minimum Gasteiger partial charge on any atom is -0.309 e. The molecule has 0 atom stereocenters. The molecule has 0 heterocycles. The van der Waals surface area contributed by atoms with Gasteiger partial charge < -0.3 is 4.57 Å². The van der Waals surface area contributed by atoms with Crippen LogP contribution >= 0.6 is 7.14 Å². The number of hydrogen-bond acceptors (Lipinski definition) is 5.